The predicted molar refractivity (Wildman–Crippen MR) is 126 cm³/mol. The molecule has 0 atom stereocenters. The molecule has 0 aliphatic carbocycles. The quantitative estimate of drug-likeness (QED) is 0.243. The molecule has 0 fully saturated rings. The highest BCUT2D eigenvalue weighted by molar-refractivity contribution is 7.14. The van der Waals surface area contributed by atoms with Gasteiger partial charge in [-0.15, -0.1) is 11.3 Å². The molecule has 0 saturated carbocycles. The Labute approximate surface area is 204 Å². The van der Waals surface area contributed by atoms with Gasteiger partial charge in [0, 0.05) is 11.6 Å². The first kappa shape index (κ1) is 25.4. The van der Waals surface area contributed by atoms with Gasteiger partial charge < -0.3 is 19.5 Å². The van der Waals surface area contributed by atoms with E-state index in [4.69, 9.17) is 14.2 Å². The number of hydrogen-bond acceptors (Lipinski definition) is 7. The molecule has 0 aliphatic heterocycles. The van der Waals surface area contributed by atoms with Gasteiger partial charge in [-0.2, -0.15) is 5.26 Å². The summed E-state index contributed by atoms with van der Waals surface area (Å²) in [5, 5.41) is 14.0. The standard InChI is InChI=1S/C25H20F2N2O5S/c1-3-33-25(31)19-8-9-35-24(19)29-23(30)16(13-28)10-15-4-6-21(32-2)17(11-15)14-34-22-7-5-18(26)12-20(22)27/h4-12H,3,14H2,1-2H3,(H,29,30)/b16-10+. The van der Waals surface area contributed by atoms with Crippen LogP contribution in [0.4, 0.5) is 13.8 Å². The lowest BCUT2D eigenvalue weighted by molar-refractivity contribution is -0.112. The van der Waals surface area contributed by atoms with Gasteiger partial charge in [0.1, 0.15) is 34.8 Å². The summed E-state index contributed by atoms with van der Waals surface area (Å²) in [6.45, 7) is 1.74. The molecule has 180 valence electrons. The van der Waals surface area contributed by atoms with Gasteiger partial charge in [0.05, 0.1) is 19.3 Å². The maximum Gasteiger partial charge on any atom is 0.341 e. The van der Waals surface area contributed by atoms with Crippen molar-refractivity contribution >= 4 is 34.3 Å². The van der Waals surface area contributed by atoms with E-state index in [0.717, 1.165) is 17.4 Å². The number of esters is 1. The topological polar surface area (TPSA) is 97.7 Å². The maximum absolute atomic E-state index is 13.9. The van der Waals surface area contributed by atoms with Crippen LogP contribution in [0.5, 0.6) is 11.5 Å². The lowest BCUT2D eigenvalue weighted by atomic mass is 10.1. The Hall–Kier alpha value is -4.23. The molecule has 0 saturated heterocycles. The summed E-state index contributed by atoms with van der Waals surface area (Å²) < 4.78 is 42.7. The zero-order valence-electron chi connectivity index (χ0n) is 18.8. The largest absolute Gasteiger partial charge is 0.496 e. The Balaban J connectivity index is 1.80. The number of anilines is 1. The van der Waals surface area contributed by atoms with E-state index in [9.17, 15) is 23.6 Å². The predicted octanol–water partition coefficient (Wildman–Crippen LogP) is 5.34. The Morgan fingerprint density at radius 3 is 2.60 bits per heavy atom. The van der Waals surface area contributed by atoms with E-state index in [1.165, 1.54) is 25.3 Å². The monoisotopic (exact) mass is 498 g/mol. The molecule has 1 aromatic heterocycles. The summed E-state index contributed by atoms with van der Waals surface area (Å²) in [6, 6.07) is 11.2. The normalized spacial score (nSPS) is 10.9. The van der Waals surface area contributed by atoms with Crippen molar-refractivity contribution in [3.63, 3.8) is 0 Å². The molecule has 10 heteroatoms. The van der Waals surface area contributed by atoms with Crippen molar-refractivity contribution < 1.29 is 32.6 Å². The third kappa shape index (κ3) is 6.43. The summed E-state index contributed by atoms with van der Waals surface area (Å²) in [6.07, 6.45) is 1.36. The molecule has 3 rings (SSSR count). The summed E-state index contributed by atoms with van der Waals surface area (Å²) in [5.74, 6) is -2.56. The number of nitrogens with one attached hydrogen (secondary N) is 1. The summed E-state index contributed by atoms with van der Waals surface area (Å²) in [4.78, 5) is 24.7. The number of nitrogens with zero attached hydrogens (tertiary/aromatic N) is 1. The number of carbonyl (C=O) groups is 2. The molecular weight excluding hydrogens is 478 g/mol. The molecule has 1 heterocycles. The van der Waals surface area contributed by atoms with Crippen LogP contribution in [0.15, 0.2) is 53.4 Å². The first-order valence-electron chi connectivity index (χ1n) is 10.3. The molecule has 1 N–H and O–H groups in total. The third-order valence-electron chi connectivity index (χ3n) is 4.65. The number of benzene rings is 2. The Kier molecular flexibility index (Phi) is 8.53. The molecule has 0 spiro atoms. The number of carbonyl (C=O) groups excluding carboxylic acids is 2. The summed E-state index contributed by atoms with van der Waals surface area (Å²) >= 11 is 1.12. The number of thiophene rings is 1. The van der Waals surface area contributed by atoms with Gasteiger partial charge in [-0.25, -0.2) is 13.6 Å². The fourth-order valence-corrected chi connectivity index (χ4v) is 3.78. The van der Waals surface area contributed by atoms with Crippen LogP contribution >= 0.6 is 11.3 Å². The number of rotatable bonds is 9. The number of amides is 1. The SMILES string of the molecule is CCOC(=O)c1ccsc1NC(=O)/C(C#N)=C/c1ccc(OC)c(COc2ccc(F)cc2F)c1. The van der Waals surface area contributed by atoms with Crippen LogP contribution in [-0.2, 0) is 16.1 Å². The van der Waals surface area contributed by atoms with Crippen LogP contribution in [0, 0.1) is 23.0 Å². The highest BCUT2D eigenvalue weighted by atomic mass is 32.1. The van der Waals surface area contributed by atoms with Gasteiger partial charge >= 0.3 is 5.97 Å². The zero-order chi connectivity index (χ0) is 25.4. The fourth-order valence-electron chi connectivity index (χ4n) is 3.01. The van der Waals surface area contributed by atoms with Crippen molar-refractivity contribution in [1.82, 2.24) is 0 Å². The lowest BCUT2D eigenvalue weighted by Gasteiger charge is -2.12. The average molecular weight is 499 g/mol. The Morgan fingerprint density at radius 1 is 1.14 bits per heavy atom. The summed E-state index contributed by atoms with van der Waals surface area (Å²) in [7, 11) is 1.45. The van der Waals surface area contributed by atoms with Crippen molar-refractivity contribution in [1.29, 1.82) is 5.26 Å². The highest BCUT2D eigenvalue weighted by Crippen LogP contribution is 2.27. The molecule has 0 bridgehead atoms. The minimum Gasteiger partial charge on any atom is -0.496 e. The van der Waals surface area contributed by atoms with E-state index in [1.54, 1.807) is 30.5 Å². The molecule has 0 radical (unpaired) electrons. The van der Waals surface area contributed by atoms with Crippen molar-refractivity contribution in [2.75, 3.05) is 19.0 Å². The second-order valence-corrected chi connectivity index (χ2v) is 7.86. The lowest BCUT2D eigenvalue weighted by Crippen LogP contribution is -2.15. The third-order valence-corrected chi connectivity index (χ3v) is 5.48. The summed E-state index contributed by atoms with van der Waals surface area (Å²) in [5.41, 5.74) is 0.965. The smallest absolute Gasteiger partial charge is 0.341 e. The molecule has 0 unspecified atom stereocenters. The van der Waals surface area contributed by atoms with Gasteiger partial charge in [-0.05, 0) is 54.3 Å². The minimum atomic E-state index is -0.848. The fraction of sp³-hybridized carbons (Fsp3) is 0.160. The number of methoxy groups -OCH3 is 1. The van der Waals surface area contributed by atoms with Gasteiger partial charge in [0.25, 0.3) is 5.91 Å². The van der Waals surface area contributed by atoms with Gasteiger partial charge in [-0.1, -0.05) is 6.07 Å². The molecule has 7 nitrogen and oxygen atoms in total. The van der Waals surface area contributed by atoms with E-state index in [2.05, 4.69) is 5.32 Å². The van der Waals surface area contributed by atoms with Gasteiger partial charge in [-0.3, -0.25) is 4.79 Å². The van der Waals surface area contributed by atoms with Crippen LogP contribution in [-0.4, -0.2) is 25.6 Å². The number of ether oxygens (including phenoxy) is 3. The van der Waals surface area contributed by atoms with Crippen molar-refractivity contribution in [3.05, 3.63) is 81.7 Å². The number of nitriles is 1. The van der Waals surface area contributed by atoms with Crippen molar-refractivity contribution in [3.8, 4) is 17.6 Å². The molecule has 3 aromatic rings. The van der Waals surface area contributed by atoms with Crippen molar-refractivity contribution in [2.45, 2.75) is 13.5 Å². The van der Waals surface area contributed by atoms with Gasteiger partial charge in [0.2, 0.25) is 0 Å². The van der Waals surface area contributed by atoms with E-state index in [1.807, 2.05) is 6.07 Å². The van der Waals surface area contributed by atoms with Crippen molar-refractivity contribution in [2.24, 2.45) is 0 Å². The van der Waals surface area contributed by atoms with E-state index < -0.39 is 23.5 Å². The highest BCUT2D eigenvalue weighted by Gasteiger charge is 2.18. The zero-order valence-corrected chi connectivity index (χ0v) is 19.6. The van der Waals surface area contributed by atoms with E-state index >= 15 is 0 Å². The Bertz CT molecular complexity index is 1310. The van der Waals surface area contributed by atoms with Crippen LogP contribution in [0.2, 0.25) is 0 Å². The number of halogens is 2. The van der Waals surface area contributed by atoms with Gasteiger partial charge in [0.15, 0.2) is 11.6 Å². The second kappa shape index (κ2) is 11.8. The second-order valence-electron chi connectivity index (χ2n) is 6.94. The van der Waals surface area contributed by atoms with Crippen LogP contribution < -0.4 is 14.8 Å². The Morgan fingerprint density at radius 2 is 1.91 bits per heavy atom. The van der Waals surface area contributed by atoms with E-state index in [0.29, 0.717) is 22.9 Å². The molecule has 35 heavy (non-hydrogen) atoms. The van der Waals surface area contributed by atoms with Crippen LogP contribution in [0.25, 0.3) is 6.08 Å². The number of hydrogen-bond donors (Lipinski definition) is 1. The average Bonchev–Trinajstić information content (AvgIpc) is 3.30. The van der Waals surface area contributed by atoms with E-state index in [-0.39, 0.29) is 35.1 Å². The maximum atomic E-state index is 13.9. The minimum absolute atomic E-state index is 0.112. The molecular formula is C25H20F2N2O5S. The molecule has 2 aromatic carbocycles. The van der Waals surface area contributed by atoms with Crippen LogP contribution in [0.1, 0.15) is 28.4 Å². The molecule has 1 amide bonds. The first-order chi connectivity index (χ1) is 16.9. The molecule has 0 aliphatic rings. The van der Waals surface area contributed by atoms with Crippen LogP contribution in [0.3, 0.4) is 0 Å². The first-order valence-corrected chi connectivity index (χ1v) is 11.2.